The van der Waals surface area contributed by atoms with E-state index in [2.05, 4.69) is 25.9 Å². The summed E-state index contributed by atoms with van der Waals surface area (Å²) in [7, 11) is 0. The number of amides is 2. The lowest BCUT2D eigenvalue weighted by atomic mass is 10.0. The molecule has 0 aliphatic rings. The molecule has 0 saturated heterocycles. The first-order chi connectivity index (χ1) is 15.6. The molecule has 3 rings (SSSR count). The highest BCUT2D eigenvalue weighted by molar-refractivity contribution is 5.78. The Hall–Kier alpha value is -3.70. The number of nitrogens with one attached hydrogen (secondary N) is 2. The van der Waals surface area contributed by atoms with Gasteiger partial charge >= 0.3 is 6.18 Å². The largest absolute Gasteiger partial charge is 0.416 e. The van der Waals surface area contributed by atoms with Gasteiger partial charge in [-0.15, -0.1) is 0 Å². The Labute approximate surface area is 186 Å². The monoisotopic (exact) mass is 465 g/mol. The predicted octanol–water partition coefficient (Wildman–Crippen LogP) is 3.46. The third-order valence-corrected chi connectivity index (χ3v) is 4.78. The lowest BCUT2D eigenvalue weighted by Crippen LogP contribution is -2.31. The van der Waals surface area contributed by atoms with Crippen molar-refractivity contribution in [3.63, 3.8) is 0 Å². The molecule has 2 amide bonds. The van der Waals surface area contributed by atoms with Crippen molar-refractivity contribution >= 4 is 11.8 Å². The van der Waals surface area contributed by atoms with E-state index in [1.165, 1.54) is 19.1 Å². The number of halogens is 3. The molecule has 3 aromatic rings. The zero-order valence-electron chi connectivity index (χ0n) is 18.1. The molecule has 0 aliphatic heterocycles. The van der Waals surface area contributed by atoms with Crippen LogP contribution in [0.2, 0.25) is 0 Å². The van der Waals surface area contributed by atoms with Crippen LogP contribution < -0.4 is 10.6 Å². The van der Waals surface area contributed by atoms with Crippen LogP contribution in [0.5, 0.6) is 0 Å². The molecule has 9 nitrogen and oxygen atoms in total. The summed E-state index contributed by atoms with van der Waals surface area (Å²) in [6, 6.07) is 4.50. The van der Waals surface area contributed by atoms with E-state index in [1.54, 1.807) is 13.8 Å². The van der Waals surface area contributed by atoms with Crippen molar-refractivity contribution in [1.29, 1.82) is 0 Å². The van der Waals surface area contributed by atoms with Gasteiger partial charge in [-0.2, -0.15) is 18.2 Å². The fourth-order valence-electron chi connectivity index (χ4n) is 2.97. The molecule has 2 heterocycles. The average molecular weight is 465 g/mol. The lowest BCUT2D eigenvalue weighted by molar-refractivity contribution is -0.137. The lowest BCUT2D eigenvalue weighted by Gasteiger charge is -2.09. The highest BCUT2D eigenvalue weighted by Gasteiger charge is 2.30. The van der Waals surface area contributed by atoms with Gasteiger partial charge in [-0.1, -0.05) is 29.4 Å². The van der Waals surface area contributed by atoms with Crippen LogP contribution in [0.25, 0.3) is 22.7 Å². The van der Waals surface area contributed by atoms with Crippen molar-refractivity contribution in [3.05, 3.63) is 41.4 Å². The fourth-order valence-corrected chi connectivity index (χ4v) is 2.97. The van der Waals surface area contributed by atoms with E-state index < -0.39 is 11.7 Å². The Bertz CT molecular complexity index is 1120. The maximum atomic E-state index is 12.8. The van der Waals surface area contributed by atoms with E-state index in [9.17, 15) is 22.8 Å². The summed E-state index contributed by atoms with van der Waals surface area (Å²) in [5, 5.41) is 13.2. The minimum absolute atomic E-state index is 0.0995. The first-order valence-electron chi connectivity index (χ1n) is 10.0. The van der Waals surface area contributed by atoms with Gasteiger partial charge in [-0.3, -0.25) is 9.59 Å². The molecule has 1 atom stereocenters. The number of aryl methyl sites for hydroxylation is 1. The van der Waals surface area contributed by atoms with Gasteiger partial charge in [0.15, 0.2) is 5.82 Å². The highest BCUT2D eigenvalue weighted by Crippen LogP contribution is 2.36. The van der Waals surface area contributed by atoms with Crippen LogP contribution in [0.4, 0.5) is 13.2 Å². The molecule has 2 N–H and O–H groups in total. The molecule has 176 valence electrons. The van der Waals surface area contributed by atoms with E-state index in [-0.39, 0.29) is 48.8 Å². The quantitative estimate of drug-likeness (QED) is 0.522. The molecule has 1 aromatic carbocycles. The zero-order valence-corrected chi connectivity index (χ0v) is 18.1. The SMILES string of the molecule is CC(=O)NCCC(=O)NCC(C)c1noc(-c2c(-c3ccc(C(F)(F)F)cc3)noc2C)n1. The van der Waals surface area contributed by atoms with Gasteiger partial charge in [-0.05, 0) is 19.1 Å². The minimum Gasteiger partial charge on any atom is -0.360 e. The van der Waals surface area contributed by atoms with Gasteiger partial charge in [0.2, 0.25) is 11.8 Å². The van der Waals surface area contributed by atoms with Gasteiger partial charge in [0.05, 0.1) is 5.56 Å². The first-order valence-corrected chi connectivity index (χ1v) is 10.0. The number of aromatic nitrogens is 3. The third-order valence-electron chi connectivity index (χ3n) is 4.78. The maximum Gasteiger partial charge on any atom is 0.416 e. The predicted molar refractivity (Wildman–Crippen MR) is 110 cm³/mol. The number of hydrogen-bond acceptors (Lipinski definition) is 7. The maximum absolute atomic E-state index is 12.8. The molecular formula is C21H22F3N5O4. The van der Waals surface area contributed by atoms with Gasteiger partial charge in [-0.25, -0.2) is 0 Å². The summed E-state index contributed by atoms with van der Waals surface area (Å²) >= 11 is 0. The minimum atomic E-state index is -4.45. The van der Waals surface area contributed by atoms with Crippen LogP contribution in [0.1, 0.15) is 43.3 Å². The molecule has 0 radical (unpaired) electrons. The van der Waals surface area contributed by atoms with Crippen LogP contribution in [0.15, 0.2) is 33.3 Å². The van der Waals surface area contributed by atoms with Crippen molar-refractivity contribution in [2.75, 3.05) is 13.1 Å². The zero-order chi connectivity index (χ0) is 24.2. The van der Waals surface area contributed by atoms with Crippen LogP contribution in [0.3, 0.4) is 0 Å². The van der Waals surface area contributed by atoms with Crippen molar-refractivity contribution in [1.82, 2.24) is 25.9 Å². The van der Waals surface area contributed by atoms with E-state index in [4.69, 9.17) is 9.05 Å². The Morgan fingerprint density at radius 2 is 1.79 bits per heavy atom. The number of nitrogens with zero attached hydrogens (tertiary/aromatic N) is 3. The Balaban J connectivity index is 1.71. The summed E-state index contributed by atoms with van der Waals surface area (Å²) in [5.41, 5.74) is 0.269. The number of carbonyl (C=O) groups excluding carboxylic acids is 2. The van der Waals surface area contributed by atoms with Gasteiger partial charge in [0.25, 0.3) is 5.89 Å². The molecule has 12 heteroatoms. The summed E-state index contributed by atoms with van der Waals surface area (Å²) < 4.78 is 49.1. The van der Waals surface area contributed by atoms with Crippen molar-refractivity contribution in [3.8, 4) is 22.7 Å². The molecule has 0 aliphatic carbocycles. The van der Waals surface area contributed by atoms with Crippen molar-refractivity contribution in [2.24, 2.45) is 0 Å². The smallest absolute Gasteiger partial charge is 0.360 e. The molecule has 0 bridgehead atoms. The molecule has 33 heavy (non-hydrogen) atoms. The Morgan fingerprint density at radius 3 is 2.42 bits per heavy atom. The molecule has 1 unspecified atom stereocenters. The molecule has 0 spiro atoms. The molecule has 2 aromatic heterocycles. The molecule has 0 saturated carbocycles. The Morgan fingerprint density at radius 1 is 1.09 bits per heavy atom. The first kappa shape index (κ1) is 24.0. The highest BCUT2D eigenvalue weighted by atomic mass is 19.4. The standard InChI is InChI=1S/C21H22F3N5O4/c1-11(10-26-16(31)8-9-25-13(3)30)19-27-20(33-29-19)17-12(2)32-28-18(17)14-4-6-15(7-5-14)21(22,23)24/h4-7,11H,8-10H2,1-3H3,(H,25,30)(H,26,31). The van der Waals surface area contributed by atoms with E-state index in [1.807, 2.05) is 0 Å². The van der Waals surface area contributed by atoms with Gasteiger partial charge in [0.1, 0.15) is 17.0 Å². The van der Waals surface area contributed by atoms with Gasteiger partial charge in [0, 0.05) is 37.9 Å². The van der Waals surface area contributed by atoms with Crippen LogP contribution in [-0.4, -0.2) is 40.2 Å². The third kappa shape index (κ3) is 5.96. The second-order valence-electron chi connectivity index (χ2n) is 7.43. The van der Waals surface area contributed by atoms with Crippen LogP contribution in [0, 0.1) is 6.92 Å². The summed E-state index contributed by atoms with van der Waals surface area (Å²) in [6.07, 6.45) is -4.31. The average Bonchev–Trinajstić information content (AvgIpc) is 3.38. The number of hydrogen-bond donors (Lipinski definition) is 2. The van der Waals surface area contributed by atoms with Crippen molar-refractivity contribution in [2.45, 2.75) is 39.3 Å². The van der Waals surface area contributed by atoms with E-state index in [0.717, 1.165) is 12.1 Å². The summed E-state index contributed by atoms with van der Waals surface area (Å²) in [5.74, 6) is 0.0449. The number of benzene rings is 1. The number of alkyl halides is 3. The fraction of sp³-hybridized carbons (Fsp3) is 0.381. The summed E-state index contributed by atoms with van der Waals surface area (Å²) in [6.45, 7) is 5.26. The van der Waals surface area contributed by atoms with E-state index in [0.29, 0.717) is 22.7 Å². The topological polar surface area (TPSA) is 123 Å². The summed E-state index contributed by atoms with van der Waals surface area (Å²) in [4.78, 5) is 27.1. The molecule has 0 fully saturated rings. The van der Waals surface area contributed by atoms with Crippen molar-refractivity contribution < 1.29 is 31.8 Å². The number of carbonyl (C=O) groups is 2. The second kappa shape index (κ2) is 9.84. The second-order valence-corrected chi connectivity index (χ2v) is 7.43. The Kier molecular flexibility index (Phi) is 7.14. The van der Waals surface area contributed by atoms with E-state index >= 15 is 0 Å². The van der Waals surface area contributed by atoms with Crippen LogP contribution >= 0.6 is 0 Å². The molecular weight excluding hydrogens is 443 g/mol. The number of rotatable bonds is 8. The van der Waals surface area contributed by atoms with Crippen LogP contribution in [-0.2, 0) is 15.8 Å². The van der Waals surface area contributed by atoms with Gasteiger partial charge < -0.3 is 19.7 Å². The normalized spacial score (nSPS) is 12.4.